The van der Waals surface area contributed by atoms with Crippen molar-refractivity contribution in [2.45, 2.75) is 89.7 Å². The fourth-order valence-corrected chi connectivity index (χ4v) is 6.82. The molecule has 1 saturated carbocycles. The number of hydrogen-bond donors (Lipinski definition) is 1. The summed E-state index contributed by atoms with van der Waals surface area (Å²) in [6.07, 6.45) is 5.20. The molecule has 4 rings (SSSR count). The van der Waals surface area contributed by atoms with Crippen molar-refractivity contribution in [3.8, 4) is 0 Å². The van der Waals surface area contributed by atoms with Crippen molar-refractivity contribution in [1.82, 2.24) is 9.29 Å². The summed E-state index contributed by atoms with van der Waals surface area (Å²) in [4.78, 5) is 0. The highest BCUT2D eigenvalue weighted by molar-refractivity contribution is 8.00. The Morgan fingerprint density at radius 2 is 1.79 bits per heavy atom. The van der Waals surface area contributed by atoms with Crippen LogP contribution in [0.4, 0.5) is 4.39 Å². The second-order valence-electron chi connectivity index (χ2n) is 11.7. The molecule has 34 heavy (non-hydrogen) atoms. The summed E-state index contributed by atoms with van der Waals surface area (Å²) in [5, 5.41) is -0.131. The zero-order valence-electron chi connectivity index (χ0n) is 21.4. The lowest BCUT2D eigenvalue weighted by Crippen LogP contribution is -2.41. The Morgan fingerprint density at radius 1 is 1.21 bits per heavy atom. The largest absolute Gasteiger partial charge is 0.497 e. The average Bonchev–Trinajstić information content (AvgIpc) is 3.45. The Morgan fingerprint density at radius 3 is 2.29 bits per heavy atom. The first kappa shape index (κ1) is 26.0. The lowest BCUT2D eigenvalue weighted by Gasteiger charge is -2.32. The summed E-state index contributed by atoms with van der Waals surface area (Å²) < 4.78 is 58.1. The number of sulfonamides is 1. The third-order valence-electron chi connectivity index (χ3n) is 6.93. The number of halogens is 1. The van der Waals surface area contributed by atoms with Crippen LogP contribution in [0, 0.1) is 11.2 Å². The minimum Gasteiger partial charge on any atom is -0.399 e. The van der Waals surface area contributed by atoms with E-state index in [9.17, 15) is 8.42 Å². The Labute approximate surface area is 207 Å². The predicted molar refractivity (Wildman–Crippen MR) is 138 cm³/mol. The molecule has 2 fully saturated rings. The quantitative estimate of drug-likeness (QED) is 0.437. The van der Waals surface area contributed by atoms with Crippen molar-refractivity contribution >= 4 is 45.3 Å². The zero-order chi connectivity index (χ0) is 25.3. The minimum absolute atomic E-state index is 0.0372. The van der Waals surface area contributed by atoms with Crippen LogP contribution in [0.3, 0.4) is 0 Å². The normalized spacial score (nSPS) is 21.4. The number of rotatable bonds is 7. The van der Waals surface area contributed by atoms with Gasteiger partial charge in [-0.1, -0.05) is 20.8 Å². The Bertz CT molecular complexity index is 1180. The molecule has 2 heterocycles. The van der Waals surface area contributed by atoms with Crippen molar-refractivity contribution in [2.75, 3.05) is 6.26 Å². The molecule has 188 valence electrons. The van der Waals surface area contributed by atoms with Gasteiger partial charge < -0.3 is 13.9 Å². The van der Waals surface area contributed by atoms with E-state index < -0.39 is 39.5 Å². The third-order valence-corrected chi connectivity index (χ3v) is 9.84. The predicted octanol–water partition coefficient (Wildman–Crippen LogP) is 4.57. The average molecular weight is 511 g/mol. The van der Waals surface area contributed by atoms with Gasteiger partial charge in [0.25, 0.3) is 0 Å². The molecule has 6 nitrogen and oxygen atoms in total. The molecule has 1 aliphatic heterocycles. The van der Waals surface area contributed by atoms with Crippen LogP contribution >= 0.6 is 11.8 Å². The topological polar surface area (TPSA) is 69.6 Å². The van der Waals surface area contributed by atoms with Gasteiger partial charge in [-0.05, 0) is 64.3 Å². The lowest BCUT2D eigenvalue weighted by molar-refractivity contribution is 0.00578. The van der Waals surface area contributed by atoms with Crippen molar-refractivity contribution in [2.24, 2.45) is 5.41 Å². The van der Waals surface area contributed by atoms with Gasteiger partial charge >= 0.3 is 7.12 Å². The maximum atomic E-state index is 15.5. The SMILES string of the molecule is CSC(NS(=O)(=O)C1CC1)c1cn(CC(C)(C)C)c2cc(B3OC(C)(C)C(C)(C)O3)c(F)cc12. The number of fused-ring (bicyclic) bond motifs is 1. The van der Waals surface area contributed by atoms with E-state index in [1.165, 1.54) is 17.8 Å². The molecule has 0 amide bonds. The first-order valence-electron chi connectivity index (χ1n) is 11.8. The van der Waals surface area contributed by atoms with Crippen molar-refractivity contribution in [3.05, 3.63) is 29.7 Å². The Balaban J connectivity index is 1.81. The van der Waals surface area contributed by atoms with Gasteiger partial charge in [-0.25, -0.2) is 12.8 Å². The van der Waals surface area contributed by atoms with Crippen LogP contribution < -0.4 is 10.2 Å². The highest BCUT2D eigenvalue weighted by atomic mass is 32.2. The fraction of sp³-hybridized carbons (Fsp3) is 0.667. The number of nitrogens with zero attached hydrogens (tertiary/aromatic N) is 1. The smallest absolute Gasteiger partial charge is 0.399 e. The first-order valence-corrected chi connectivity index (χ1v) is 14.6. The van der Waals surface area contributed by atoms with Gasteiger partial charge in [-0.2, -0.15) is 4.72 Å². The van der Waals surface area contributed by atoms with Crippen LogP contribution in [0.25, 0.3) is 10.9 Å². The third kappa shape index (κ3) is 4.94. The molecule has 1 aromatic heterocycles. The summed E-state index contributed by atoms with van der Waals surface area (Å²) in [7, 11) is -4.23. The highest BCUT2D eigenvalue weighted by Crippen LogP contribution is 2.39. The van der Waals surface area contributed by atoms with Crippen molar-refractivity contribution in [3.63, 3.8) is 0 Å². The van der Waals surface area contributed by atoms with Gasteiger partial charge in [0.1, 0.15) is 5.82 Å². The van der Waals surface area contributed by atoms with Crippen LogP contribution in [0.2, 0.25) is 0 Å². The summed E-state index contributed by atoms with van der Waals surface area (Å²) in [6, 6.07) is 3.30. The molecule has 1 N–H and O–H groups in total. The molecule has 0 bridgehead atoms. The second-order valence-corrected chi connectivity index (χ2v) is 14.7. The van der Waals surface area contributed by atoms with E-state index in [4.69, 9.17) is 9.31 Å². The van der Waals surface area contributed by atoms with Crippen LogP contribution in [0.15, 0.2) is 18.3 Å². The van der Waals surface area contributed by atoms with Gasteiger partial charge in [0, 0.05) is 34.7 Å². The van der Waals surface area contributed by atoms with E-state index >= 15 is 4.39 Å². The van der Waals surface area contributed by atoms with Crippen molar-refractivity contribution in [1.29, 1.82) is 0 Å². The number of nitrogens with one attached hydrogen (secondary N) is 1. The summed E-state index contributed by atoms with van der Waals surface area (Å²) in [5.41, 5.74) is 0.747. The van der Waals surface area contributed by atoms with E-state index in [0.717, 1.165) is 11.1 Å². The molecule has 1 unspecified atom stereocenters. The molecule has 1 atom stereocenters. The van der Waals surface area contributed by atoms with Gasteiger partial charge in [0.05, 0.1) is 21.8 Å². The molecule has 2 aromatic rings. The van der Waals surface area contributed by atoms with Crippen LogP contribution in [0.5, 0.6) is 0 Å². The fourth-order valence-electron chi connectivity index (χ4n) is 4.22. The molecular weight excluding hydrogens is 474 g/mol. The molecular formula is C24H36BFN2O4S2. The first-order chi connectivity index (χ1) is 15.5. The van der Waals surface area contributed by atoms with Crippen LogP contribution in [-0.2, 0) is 25.9 Å². The van der Waals surface area contributed by atoms with Gasteiger partial charge in [-0.15, -0.1) is 11.8 Å². The zero-order valence-corrected chi connectivity index (χ0v) is 23.0. The summed E-state index contributed by atoms with van der Waals surface area (Å²) in [6.45, 7) is 14.9. The summed E-state index contributed by atoms with van der Waals surface area (Å²) in [5.74, 6) is -0.425. The molecule has 1 aromatic carbocycles. The molecule has 1 saturated heterocycles. The summed E-state index contributed by atoms with van der Waals surface area (Å²) >= 11 is 1.40. The van der Waals surface area contributed by atoms with Crippen LogP contribution in [-0.4, -0.2) is 42.8 Å². The number of thioether (sulfide) groups is 1. The van der Waals surface area contributed by atoms with Gasteiger partial charge in [-0.3, -0.25) is 0 Å². The lowest BCUT2D eigenvalue weighted by atomic mass is 9.78. The minimum atomic E-state index is -3.41. The van der Waals surface area contributed by atoms with E-state index in [0.29, 0.717) is 30.2 Å². The van der Waals surface area contributed by atoms with Gasteiger partial charge in [0.15, 0.2) is 0 Å². The van der Waals surface area contributed by atoms with E-state index in [1.54, 1.807) is 6.07 Å². The standard InChI is InChI=1S/C24H36BFN2O4S2/c1-22(2,3)14-28-13-17(21(33-8)27-34(29,30)15-9-10-15)16-11-19(26)18(12-20(16)28)25-31-23(4,5)24(6,7)32-25/h11-13,15,21,27H,9-10,14H2,1-8H3. The Hall–Kier alpha value is -1.07. The van der Waals surface area contributed by atoms with E-state index in [1.807, 2.05) is 40.1 Å². The number of hydrogen-bond acceptors (Lipinski definition) is 5. The van der Waals surface area contributed by atoms with Crippen molar-refractivity contribution < 1.29 is 22.1 Å². The highest BCUT2D eigenvalue weighted by Gasteiger charge is 2.52. The molecule has 0 radical (unpaired) electrons. The molecule has 2 aliphatic rings. The number of aromatic nitrogens is 1. The molecule has 1 aliphatic carbocycles. The molecule has 0 spiro atoms. The number of benzene rings is 1. The van der Waals surface area contributed by atoms with Crippen LogP contribution in [0.1, 0.15) is 72.2 Å². The monoisotopic (exact) mass is 510 g/mol. The Kier molecular flexibility index (Phi) is 6.51. The second kappa shape index (κ2) is 8.51. The molecule has 10 heteroatoms. The maximum absolute atomic E-state index is 15.5. The van der Waals surface area contributed by atoms with Gasteiger partial charge in [0.2, 0.25) is 10.0 Å². The van der Waals surface area contributed by atoms with E-state index in [-0.39, 0.29) is 10.7 Å². The maximum Gasteiger partial charge on any atom is 0.497 e. The van der Waals surface area contributed by atoms with E-state index in [2.05, 4.69) is 30.1 Å².